The van der Waals surface area contributed by atoms with E-state index >= 15 is 0 Å². The van der Waals surface area contributed by atoms with Gasteiger partial charge in [0.05, 0.1) is 13.2 Å². The van der Waals surface area contributed by atoms with Crippen molar-refractivity contribution in [2.75, 3.05) is 18.6 Å². The molecule has 0 heterocycles. The van der Waals surface area contributed by atoms with E-state index in [1.54, 1.807) is 17.8 Å². The van der Waals surface area contributed by atoms with Gasteiger partial charge in [0, 0.05) is 5.75 Å². The van der Waals surface area contributed by atoms with Crippen LogP contribution < -0.4 is 4.74 Å². The second-order valence-electron chi connectivity index (χ2n) is 3.07. The van der Waals surface area contributed by atoms with Crippen LogP contribution in [-0.2, 0) is 0 Å². The summed E-state index contributed by atoms with van der Waals surface area (Å²) in [5.41, 5.74) is 0.592. The zero-order valence-electron chi connectivity index (χ0n) is 8.87. The van der Waals surface area contributed by atoms with E-state index in [0.717, 1.165) is 5.75 Å². The lowest BCUT2D eigenvalue weighted by atomic mass is 10.1. The predicted molar refractivity (Wildman–Crippen MR) is 60.9 cm³/mol. The highest BCUT2D eigenvalue weighted by Crippen LogP contribution is 2.23. The molecule has 1 N–H and O–H groups in total. The molecule has 0 aromatic heterocycles. The fraction of sp³-hybridized carbons (Fsp3) is 0.455. The third kappa shape index (κ3) is 3.39. The van der Waals surface area contributed by atoms with Gasteiger partial charge in [-0.3, -0.25) is 0 Å². The number of hydrogen-bond acceptors (Lipinski definition) is 3. The molecule has 0 fully saturated rings. The molecule has 1 rings (SSSR count). The van der Waals surface area contributed by atoms with Gasteiger partial charge in [-0.25, -0.2) is 4.39 Å². The van der Waals surface area contributed by atoms with Gasteiger partial charge in [-0.2, -0.15) is 11.8 Å². The molecule has 1 aromatic rings. The average molecular weight is 230 g/mol. The van der Waals surface area contributed by atoms with Crippen LogP contribution in [0.2, 0.25) is 0 Å². The lowest BCUT2D eigenvalue weighted by Gasteiger charge is -2.11. The van der Waals surface area contributed by atoms with Gasteiger partial charge < -0.3 is 9.84 Å². The largest absolute Gasteiger partial charge is 0.494 e. The second-order valence-corrected chi connectivity index (χ2v) is 4.39. The Bertz CT molecular complexity index is 317. The number of aliphatic hydroxyl groups excluding tert-OH is 1. The molecule has 4 heteroatoms. The van der Waals surface area contributed by atoms with Gasteiger partial charge in [-0.15, -0.1) is 0 Å². The van der Waals surface area contributed by atoms with E-state index < -0.39 is 11.9 Å². The lowest BCUT2D eigenvalue weighted by Crippen LogP contribution is -2.02. The molecule has 0 saturated heterocycles. The van der Waals surface area contributed by atoms with Crippen LogP contribution in [0.15, 0.2) is 18.2 Å². The maximum absolute atomic E-state index is 13.3. The standard InChI is InChI=1S/C11H15FO2S/c1-3-15-7-10(13)8-4-5-11(14-2)9(12)6-8/h4-6,10,13H,3,7H2,1-2H3. The van der Waals surface area contributed by atoms with Crippen LogP contribution in [0.4, 0.5) is 4.39 Å². The van der Waals surface area contributed by atoms with Crippen LogP contribution in [0.3, 0.4) is 0 Å². The summed E-state index contributed by atoms with van der Waals surface area (Å²) < 4.78 is 18.1. The van der Waals surface area contributed by atoms with Gasteiger partial charge >= 0.3 is 0 Å². The number of thioether (sulfide) groups is 1. The highest BCUT2D eigenvalue weighted by molar-refractivity contribution is 7.99. The second kappa shape index (κ2) is 5.98. The number of benzene rings is 1. The third-order valence-corrected chi connectivity index (χ3v) is 3.00. The summed E-state index contributed by atoms with van der Waals surface area (Å²) in [6.45, 7) is 2.02. The zero-order valence-corrected chi connectivity index (χ0v) is 9.68. The molecule has 0 aliphatic rings. The smallest absolute Gasteiger partial charge is 0.165 e. The van der Waals surface area contributed by atoms with Crippen molar-refractivity contribution in [3.63, 3.8) is 0 Å². The van der Waals surface area contributed by atoms with E-state index in [0.29, 0.717) is 11.3 Å². The Morgan fingerprint density at radius 2 is 2.27 bits per heavy atom. The van der Waals surface area contributed by atoms with Crippen molar-refractivity contribution in [2.24, 2.45) is 0 Å². The molecule has 0 saturated carbocycles. The van der Waals surface area contributed by atoms with E-state index in [1.807, 2.05) is 6.92 Å². The molecule has 0 radical (unpaired) electrons. The molecule has 1 unspecified atom stereocenters. The Balaban J connectivity index is 2.73. The van der Waals surface area contributed by atoms with Crippen molar-refractivity contribution in [3.05, 3.63) is 29.6 Å². The Hall–Kier alpha value is -0.740. The monoisotopic (exact) mass is 230 g/mol. The van der Waals surface area contributed by atoms with Crippen LogP contribution in [0.25, 0.3) is 0 Å². The molecule has 0 amide bonds. The molecule has 1 aromatic carbocycles. The molecule has 1 atom stereocenters. The van der Waals surface area contributed by atoms with E-state index in [1.165, 1.54) is 19.2 Å². The summed E-state index contributed by atoms with van der Waals surface area (Å²) in [5.74, 6) is 1.29. The molecular weight excluding hydrogens is 215 g/mol. The molecule has 2 nitrogen and oxygen atoms in total. The first-order valence-electron chi connectivity index (χ1n) is 4.78. The van der Waals surface area contributed by atoms with Crippen LogP contribution >= 0.6 is 11.8 Å². The first-order valence-corrected chi connectivity index (χ1v) is 5.93. The van der Waals surface area contributed by atoms with Crippen molar-refractivity contribution < 1.29 is 14.2 Å². The van der Waals surface area contributed by atoms with Crippen LogP contribution in [0, 0.1) is 5.82 Å². The van der Waals surface area contributed by atoms with Gasteiger partial charge in [0.2, 0.25) is 0 Å². The van der Waals surface area contributed by atoms with Gasteiger partial charge in [0.15, 0.2) is 11.6 Å². The Morgan fingerprint density at radius 3 is 2.80 bits per heavy atom. The normalized spacial score (nSPS) is 12.5. The maximum atomic E-state index is 13.3. The summed E-state index contributed by atoms with van der Waals surface area (Å²) >= 11 is 1.62. The minimum atomic E-state index is -0.615. The number of aliphatic hydroxyl groups is 1. The summed E-state index contributed by atoms with van der Waals surface area (Å²) in [6.07, 6.45) is -0.615. The zero-order chi connectivity index (χ0) is 11.3. The number of rotatable bonds is 5. The van der Waals surface area contributed by atoms with Gasteiger partial charge in [-0.1, -0.05) is 13.0 Å². The summed E-state index contributed by atoms with van der Waals surface area (Å²) in [5, 5.41) is 9.71. The van der Waals surface area contributed by atoms with Crippen molar-refractivity contribution in [2.45, 2.75) is 13.0 Å². The number of methoxy groups -OCH3 is 1. The van der Waals surface area contributed by atoms with E-state index in [2.05, 4.69) is 0 Å². The van der Waals surface area contributed by atoms with Gasteiger partial charge in [0.1, 0.15) is 0 Å². The molecule has 84 valence electrons. The van der Waals surface area contributed by atoms with Crippen LogP contribution in [-0.4, -0.2) is 23.7 Å². The van der Waals surface area contributed by atoms with Gasteiger partial charge in [-0.05, 0) is 23.4 Å². The quantitative estimate of drug-likeness (QED) is 0.843. The highest BCUT2D eigenvalue weighted by atomic mass is 32.2. The van der Waals surface area contributed by atoms with Crippen LogP contribution in [0.1, 0.15) is 18.6 Å². The van der Waals surface area contributed by atoms with Crippen LogP contribution in [0.5, 0.6) is 5.75 Å². The molecule has 0 aliphatic heterocycles. The topological polar surface area (TPSA) is 29.5 Å². The summed E-state index contributed by atoms with van der Waals surface area (Å²) in [6, 6.07) is 4.53. The predicted octanol–water partition coefficient (Wildman–Crippen LogP) is 2.62. The van der Waals surface area contributed by atoms with Crippen molar-refractivity contribution in [1.29, 1.82) is 0 Å². The molecule has 0 aliphatic carbocycles. The molecular formula is C11H15FO2S. The van der Waals surface area contributed by atoms with Crippen molar-refractivity contribution in [1.82, 2.24) is 0 Å². The number of ether oxygens (including phenoxy) is 1. The van der Waals surface area contributed by atoms with E-state index in [4.69, 9.17) is 4.74 Å². The Morgan fingerprint density at radius 1 is 1.53 bits per heavy atom. The van der Waals surface area contributed by atoms with E-state index in [9.17, 15) is 9.50 Å². The third-order valence-electron chi connectivity index (χ3n) is 2.04. The molecule has 0 bridgehead atoms. The highest BCUT2D eigenvalue weighted by Gasteiger charge is 2.10. The molecule has 0 spiro atoms. The Kier molecular flexibility index (Phi) is 4.91. The number of hydrogen-bond donors (Lipinski definition) is 1. The summed E-state index contributed by atoms with van der Waals surface area (Å²) in [4.78, 5) is 0. The fourth-order valence-electron chi connectivity index (χ4n) is 1.22. The minimum absolute atomic E-state index is 0.203. The Labute approximate surface area is 93.5 Å². The average Bonchev–Trinajstić information content (AvgIpc) is 2.25. The minimum Gasteiger partial charge on any atom is -0.494 e. The molecule has 15 heavy (non-hydrogen) atoms. The SMILES string of the molecule is CCSCC(O)c1ccc(OC)c(F)c1. The lowest BCUT2D eigenvalue weighted by molar-refractivity contribution is 0.203. The van der Waals surface area contributed by atoms with E-state index in [-0.39, 0.29) is 5.75 Å². The first kappa shape index (κ1) is 12.3. The van der Waals surface area contributed by atoms with Crippen molar-refractivity contribution in [3.8, 4) is 5.75 Å². The maximum Gasteiger partial charge on any atom is 0.165 e. The van der Waals surface area contributed by atoms with Crippen molar-refractivity contribution >= 4 is 11.8 Å². The summed E-state index contributed by atoms with van der Waals surface area (Å²) in [7, 11) is 1.42. The number of halogens is 1. The first-order chi connectivity index (χ1) is 7.19. The van der Waals surface area contributed by atoms with Gasteiger partial charge in [0.25, 0.3) is 0 Å². The fourth-order valence-corrected chi connectivity index (χ4v) is 1.87.